The molecule has 100 valence electrons. The number of aryl methyl sites for hydroxylation is 1. The summed E-state index contributed by atoms with van der Waals surface area (Å²) >= 11 is 0. The lowest BCUT2D eigenvalue weighted by Crippen LogP contribution is -1.95. The smallest absolute Gasteiger partial charge is 0.227 e. The van der Waals surface area contributed by atoms with Gasteiger partial charge in [-0.25, -0.2) is 4.98 Å². The van der Waals surface area contributed by atoms with Gasteiger partial charge in [-0.15, -0.1) is 0 Å². The van der Waals surface area contributed by atoms with Crippen LogP contribution in [-0.2, 0) is 0 Å². The molecular weight excluding hydrogens is 252 g/mol. The van der Waals surface area contributed by atoms with E-state index in [2.05, 4.69) is 4.98 Å². The minimum atomic E-state index is -0.0429. The van der Waals surface area contributed by atoms with Gasteiger partial charge in [0.1, 0.15) is 5.52 Å². The SMILES string of the molecule is CC(=O)c1cc(N)c2oc(-c3cccc(C)c3)nc2c1. The maximum atomic E-state index is 11.4. The lowest BCUT2D eigenvalue weighted by atomic mass is 10.1. The predicted molar refractivity (Wildman–Crippen MR) is 78.6 cm³/mol. The Morgan fingerprint density at radius 1 is 1.25 bits per heavy atom. The van der Waals surface area contributed by atoms with Gasteiger partial charge in [-0.05, 0) is 38.1 Å². The van der Waals surface area contributed by atoms with Crippen molar-refractivity contribution >= 4 is 22.6 Å². The van der Waals surface area contributed by atoms with Gasteiger partial charge in [-0.3, -0.25) is 4.79 Å². The molecule has 2 aromatic carbocycles. The number of anilines is 1. The van der Waals surface area contributed by atoms with Crippen LogP contribution >= 0.6 is 0 Å². The van der Waals surface area contributed by atoms with Gasteiger partial charge in [0.25, 0.3) is 0 Å². The van der Waals surface area contributed by atoms with Crippen molar-refractivity contribution in [1.82, 2.24) is 4.98 Å². The van der Waals surface area contributed by atoms with Crippen molar-refractivity contribution in [2.45, 2.75) is 13.8 Å². The topological polar surface area (TPSA) is 69.1 Å². The molecule has 3 rings (SSSR count). The molecule has 2 N–H and O–H groups in total. The third kappa shape index (κ3) is 2.05. The monoisotopic (exact) mass is 266 g/mol. The van der Waals surface area contributed by atoms with E-state index in [0.717, 1.165) is 11.1 Å². The quantitative estimate of drug-likeness (QED) is 0.568. The molecule has 4 heteroatoms. The fraction of sp³-hybridized carbons (Fsp3) is 0.125. The Hall–Kier alpha value is -2.62. The summed E-state index contributed by atoms with van der Waals surface area (Å²) in [6, 6.07) is 11.2. The van der Waals surface area contributed by atoms with Gasteiger partial charge in [0.05, 0.1) is 5.69 Å². The van der Waals surface area contributed by atoms with Gasteiger partial charge in [-0.1, -0.05) is 17.7 Å². The molecule has 0 unspecified atom stereocenters. The molecule has 0 radical (unpaired) electrons. The molecule has 0 saturated heterocycles. The highest BCUT2D eigenvalue weighted by Crippen LogP contribution is 2.29. The Morgan fingerprint density at radius 2 is 2.05 bits per heavy atom. The van der Waals surface area contributed by atoms with Crippen LogP contribution in [0.4, 0.5) is 5.69 Å². The van der Waals surface area contributed by atoms with Gasteiger partial charge in [0.15, 0.2) is 11.4 Å². The van der Waals surface area contributed by atoms with Crippen LogP contribution in [0.2, 0.25) is 0 Å². The Morgan fingerprint density at radius 3 is 2.75 bits per heavy atom. The van der Waals surface area contributed by atoms with Gasteiger partial charge < -0.3 is 10.2 Å². The number of aromatic nitrogens is 1. The number of oxazole rings is 1. The van der Waals surface area contributed by atoms with Crippen molar-refractivity contribution in [1.29, 1.82) is 0 Å². The normalized spacial score (nSPS) is 10.9. The zero-order valence-corrected chi connectivity index (χ0v) is 11.3. The number of nitrogens with two attached hydrogens (primary N) is 1. The lowest BCUT2D eigenvalue weighted by molar-refractivity contribution is 0.101. The Balaban J connectivity index is 2.20. The van der Waals surface area contributed by atoms with Crippen molar-refractivity contribution in [3.8, 4) is 11.5 Å². The highest BCUT2D eigenvalue weighted by molar-refractivity contribution is 6.00. The maximum absolute atomic E-state index is 11.4. The molecule has 20 heavy (non-hydrogen) atoms. The number of benzene rings is 2. The summed E-state index contributed by atoms with van der Waals surface area (Å²) in [4.78, 5) is 15.9. The number of rotatable bonds is 2. The second-order valence-electron chi connectivity index (χ2n) is 4.86. The first-order valence-electron chi connectivity index (χ1n) is 6.32. The van der Waals surface area contributed by atoms with Crippen molar-refractivity contribution in [2.75, 3.05) is 5.73 Å². The first-order chi connectivity index (χ1) is 9.54. The summed E-state index contributed by atoms with van der Waals surface area (Å²) in [5.41, 5.74) is 10.0. The van der Waals surface area contributed by atoms with Crippen LogP contribution in [0.5, 0.6) is 0 Å². The second-order valence-corrected chi connectivity index (χ2v) is 4.86. The third-order valence-corrected chi connectivity index (χ3v) is 3.19. The van der Waals surface area contributed by atoms with Gasteiger partial charge in [-0.2, -0.15) is 0 Å². The summed E-state index contributed by atoms with van der Waals surface area (Å²) in [5, 5.41) is 0. The molecule has 0 aliphatic heterocycles. The zero-order chi connectivity index (χ0) is 14.3. The number of nitrogens with zero attached hydrogens (tertiary/aromatic N) is 1. The number of ketones is 1. The number of nitrogen functional groups attached to an aromatic ring is 1. The minimum Gasteiger partial charge on any atom is -0.434 e. The van der Waals surface area contributed by atoms with Gasteiger partial charge >= 0.3 is 0 Å². The van der Waals surface area contributed by atoms with E-state index in [1.807, 2.05) is 31.2 Å². The number of hydrogen-bond acceptors (Lipinski definition) is 4. The van der Waals surface area contributed by atoms with Crippen LogP contribution in [0.1, 0.15) is 22.8 Å². The van der Waals surface area contributed by atoms with Crippen LogP contribution in [0, 0.1) is 6.92 Å². The highest BCUT2D eigenvalue weighted by Gasteiger charge is 2.13. The highest BCUT2D eigenvalue weighted by atomic mass is 16.3. The van der Waals surface area contributed by atoms with Crippen molar-refractivity contribution < 1.29 is 9.21 Å². The van der Waals surface area contributed by atoms with E-state index >= 15 is 0 Å². The number of carbonyl (C=O) groups is 1. The van der Waals surface area contributed by atoms with E-state index in [4.69, 9.17) is 10.2 Å². The number of Topliss-reactive ketones (excluding diaryl/α,β-unsaturated/α-hetero) is 1. The first kappa shape index (κ1) is 12.4. The number of carbonyl (C=O) groups excluding carboxylic acids is 1. The second kappa shape index (κ2) is 4.49. The average Bonchev–Trinajstić information content (AvgIpc) is 2.83. The number of hydrogen-bond donors (Lipinski definition) is 1. The predicted octanol–water partition coefficient (Wildman–Crippen LogP) is 3.59. The van der Waals surface area contributed by atoms with Crippen LogP contribution < -0.4 is 5.73 Å². The molecule has 0 spiro atoms. The molecule has 1 heterocycles. The van der Waals surface area contributed by atoms with Crippen LogP contribution in [0.25, 0.3) is 22.6 Å². The van der Waals surface area contributed by atoms with Crippen molar-refractivity contribution in [2.24, 2.45) is 0 Å². The molecule has 0 bridgehead atoms. The fourth-order valence-electron chi connectivity index (χ4n) is 2.16. The molecule has 3 aromatic rings. The standard InChI is InChI=1S/C16H14N2O2/c1-9-4-3-5-11(6-9)16-18-14-8-12(10(2)19)7-13(17)15(14)20-16/h3-8H,17H2,1-2H3. The lowest BCUT2D eigenvalue weighted by Gasteiger charge is -1.98. The molecule has 0 amide bonds. The maximum Gasteiger partial charge on any atom is 0.227 e. The summed E-state index contributed by atoms with van der Waals surface area (Å²) in [6.45, 7) is 3.51. The molecule has 0 aliphatic rings. The van der Waals surface area contributed by atoms with Crippen LogP contribution in [0.3, 0.4) is 0 Å². The average molecular weight is 266 g/mol. The zero-order valence-electron chi connectivity index (χ0n) is 11.3. The van der Waals surface area contributed by atoms with E-state index < -0.39 is 0 Å². The molecule has 0 aliphatic carbocycles. The Bertz CT molecular complexity index is 818. The summed E-state index contributed by atoms with van der Waals surface area (Å²) in [5.74, 6) is 0.467. The molecule has 4 nitrogen and oxygen atoms in total. The van der Waals surface area contributed by atoms with Gasteiger partial charge in [0.2, 0.25) is 5.89 Å². The molecular formula is C16H14N2O2. The largest absolute Gasteiger partial charge is 0.434 e. The van der Waals surface area contributed by atoms with Crippen LogP contribution in [0.15, 0.2) is 40.8 Å². The minimum absolute atomic E-state index is 0.0429. The van der Waals surface area contributed by atoms with Crippen LogP contribution in [-0.4, -0.2) is 10.8 Å². The van der Waals surface area contributed by atoms with Gasteiger partial charge in [0, 0.05) is 11.1 Å². The first-order valence-corrected chi connectivity index (χ1v) is 6.32. The molecule has 1 aromatic heterocycles. The Kier molecular flexibility index (Phi) is 2.79. The fourth-order valence-corrected chi connectivity index (χ4v) is 2.16. The number of fused-ring (bicyclic) bond motifs is 1. The van der Waals surface area contributed by atoms with E-state index in [0.29, 0.717) is 28.2 Å². The van der Waals surface area contributed by atoms with E-state index in [1.165, 1.54) is 6.92 Å². The van der Waals surface area contributed by atoms with E-state index in [-0.39, 0.29) is 5.78 Å². The summed E-state index contributed by atoms with van der Waals surface area (Å²) in [6.07, 6.45) is 0. The molecule has 0 fully saturated rings. The molecule has 0 atom stereocenters. The summed E-state index contributed by atoms with van der Waals surface area (Å²) in [7, 11) is 0. The Labute approximate surface area is 116 Å². The third-order valence-electron chi connectivity index (χ3n) is 3.19. The van der Waals surface area contributed by atoms with E-state index in [1.54, 1.807) is 12.1 Å². The van der Waals surface area contributed by atoms with Crippen molar-refractivity contribution in [3.05, 3.63) is 47.5 Å². The van der Waals surface area contributed by atoms with E-state index in [9.17, 15) is 4.79 Å². The van der Waals surface area contributed by atoms with Crippen molar-refractivity contribution in [3.63, 3.8) is 0 Å². The summed E-state index contributed by atoms with van der Waals surface area (Å²) < 4.78 is 5.73. The molecule has 0 saturated carbocycles.